The van der Waals surface area contributed by atoms with Crippen LogP contribution in [0.25, 0.3) is 0 Å². The number of benzene rings is 2. The molecular weight excluding hydrogens is 312 g/mol. The summed E-state index contributed by atoms with van der Waals surface area (Å²) in [7, 11) is 0. The minimum absolute atomic E-state index is 0.00188. The maximum atomic E-state index is 12.6. The van der Waals surface area contributed by atoms with Crippen molar-refractivity contribution in [2.24, 2.45) is 0 Å². The summed E-state index contributed by atoms with van der Waals surface area (Å²) in [6.45, 7) is 3.91. The molecule has 0 spiro atoms. The topological polar surface area (TPSA) is 29.5 Å². The van der Waals surface area contributed by atoms with E-state index in [1.54, 1.807) is 11.0 Å². The van der Waals surface area contributed by atoms with Crippen LogP contribution in [0.15, 0.2) is 42.5 Å². The Kier molecular flexibility index (Phi) is 4.03. The third-order valence-corrected chi connectivity index (χ3v) is 4.16. The number of alkyl halides is 2. The summed E-state index contributed by atoms with van der Waals surface area (Å²) in [5.41, 5.74) is 3.23. The van der Waals surface area contributed by atoms with E-state index < -0.39 is 6.61 Å². The molecule has 5 heteroatoms. The van der Waals surface area contributed by atoms with Gasteiger partial charge in [-0.15, -0.1) is 0 Å². The standard InChI is InChI=1S/C19H19F2NO2/c1-19(2,3)13-5-7-14(8-6-13)22-11-12-4-9-15(24-18(20)21)10-16(12)17(22)23/h4-10,18H,11H2,1-3H3. The van der Waals surface area contributed by atoms with Gasteiger partial charge in [0.25, 0.3) is 5.91 Å². The normalized spacial score (nSPS) is 14.2. The number of hydrogen-bond donors (Lipinski definition) is 0. The average Bonchev–Trinajstić information content (AvgIpc) is 2.83. The zero-order chi connectivity index (χ0) is 17.5. The first-order chi connectivity index (χ1) is 11.3. The van der Waals surface area contributed by atoms with E-state index in [2.05, 4.69) is 25.5 Å². The van der Waals surface area contributed by atoms with Crippen molar-refractivity contribution in [3.05, 3.63) is 59.2 Å². The predicted molar refractivity (Wildman–Crippen MR) is 88.7 cm³/mol. The van der Waals surface area contributed by atoms with E-state index in [0.29, 0.717) is 12.1 Å². The van der Waals surface area contributed by atoms with Crippen LogP contribution in [0.4, 0.5) is 14.5 Å². The van der Waals surface area contributed by atoms with Crippen LogP contribution >= 0.6 is 0 Å². The predicted octanol–water partition coefficient (Wildman–Crippen LogP) is 4.75. The molecule has 1 heterocycles. The Morgan fingerprint density at radius 1 is 1.08 bits per heavy atom. The van der Waals surface area contributed by atoms with E-state index >= 15 is 0 Å². The smallest absolute Gasteiger partial charge is 0.387 e. The molecular formula is C19H19F2NO2. The van der Waals surface area contributed by atoms with E-state index in [1.165, 1.54) is 17.7 Å². The number of amides is 1. The fourth-order valence-corrected chi connectivity index (χ4v) is 2.81. The summed E-state index contributed by atoms with van der Waals surface area (Å²) in [4.78, 5) is 14.2. The second kappa shape index (κ2) is 5.89. The molecule has 0 bridgehead atoms. The van der Waals surface area contributed by atoms with E-state index in [4.69, 9.17) is 0 Å². The Bertz CT molecular complexity index is 764. The fraction of sp³-hybridized carbons (Fsp3) is 0.316. The van der Waals surface area contributed by atoms with Crippen molar-refractivity contribution in [3.63, 3.8) is 0 Å². The van der Waals surface area contributed by atoms with Crippen LogP contribution in [-0.2, 0) is 12.0 Å². The lowest BCUT2D eigenvalue weighted by atomic mass is 9.87. The highest BCUT2D eigenvalue weighted by molar-refractivity contribution is 6.10. The number of hydrogen-bond acceptors (Lipinski definition) is 2. The summed E-state index contributed by atoms with van der Waals surface area (Å²) in [5.74, 6) is -0.199. The minimum Gasteiger partial charge on any atom is -0.435 e. The Morgan fingerprint density at radius 2 is 1.75 bits per heavy atom. The van der Waals surface area contributed by atoms with Crippen molar-refractivity contribution in [1.82, 2.24) is 0 Å². The van der Waals surface area contributed by atoms with Gasteiger partial charge in [-0.3, -0.25) is 4.79 Å². The van der Waals surface area contributed by atoms with E-state index in [-0.39, 0.29) is 17.1 Å². The zero-order valence-corrected chi connectivity index (χ0v) is 13.8. The minimum atomic E-state index is -2.90. The van der Waals surface area contributed by atoms with Gasteiger partial charge < -0.3 is 9.64 Å². The van der Waals surface area contributed by atoms with E-state index in [0.717, 1.165) is 11.3 Å². The molecule has 24 heavy (non-hydrogen) atoms. The van der Waals surface area contributed by atoms with Gasteiger partial charge in [0.2, 0.25) is 0 Å². The number of fused-ring (bicyclic) bond motifs is 1. The largest absolute Gasteiger partial charge is 0.435 e. The lowest BCUT2D eigenvalue weighted by Gasteiger charge is -2.21. The van der Waals surface area contributed by atoms with Gasteiger partial charge in [0.1, 0.15) is 5.75 Å². The zero-order valence-electron chi connectivity index (χ0n) is 13.8. The molecule has 0 radical (unpaired) electrons. The van der Waals surface area contributed by atoms with E-state index in [1.807, 2.05) is 24.3 Å². The second-order valence-electron chi connectivity index (χ2n) is 6.89. The summed E-state index contributed by atoms with van der Waals surface area (Å²) in [6, 6.07) is 12.4. The number of carbonyl (C=O) groups is 1. The van der Waals surface area contributed by atoms with Gasteiger partial charge in [0.05, 0.1) is 6.54 Å². The first kappa shape index (κ1) is 16.4. The van der Waals surface area contributed by atoms with Crippen molar-refractivity contribution < 1.29 is 18.3 Å². The maximum absolute atomic E-state index is 12.6. The van der Waals surface area contributed by atoms with Gasteiger partial charge in [0, 0.05) is 11.3 Å². The number of rotatable bonds is 3. The number of carbonyl (C=O) groups excluding carboxylic acids is 1. The summed E-state index contributed by atoms with van der Waals surface area (Å²) >= 11 is 0. The Hall–Kier alpha value is -2.43. The highest BCUT2D eigenvalue weighted by Crippen LogP contribution is 2.32. The summed E-state index contributed by atoms with van der Waals surface area (Å²) < 4.78 is 29.0. The Labute approximate surface area is 139 Å². The number of nitrogens with zero attached hydrogens (tertiary/aromatic N) is 1. The molecule has 0 aromatic heterocycles. The molecule has 0 unspecified atom stereocenters. The van der Waals surface area contributed by atoms with Crippen molar-refractivity contribution in [3.8, 4) is 5.75 Å². The van der Waals surface area contributed by atoms with Crippen molar-refractivity contribution in [2.75, 3.05) is 4.90 Å². The molecule has 1 amide bonds. The molecule has 2 aromatic rings. The third-order valence-electron chi connectivity index (χ3n) is 4.16. The summed E-state index contributed by atoms with van der Waals surface area (Å²) in [5, 5.41) is 0. The van der Waals surface area contributed by atoms with E-state index in [9.17, 15) is 13.6 Å². The molecule has 0 atom stereocenters. The van der Waals surface area contributed by atoms with Crippen LogP contribution < -0.4 is 9.64 Å². The molecule has 3 rings (SSSR count). The van der Waals surface area contributed by atoms with Gasteiger partial charge in [-0.25, -0.2) is 0 Å². The SMILES string of the molecule is CC(C)(C)c1ccc(N2Cc3ccc(OC(F)F)cc3C2=O)cc1. The fourth-order valence-electron chi connectivity index (χ4n) is 2.81. The van der Waals surface area contributed by atoms with Gasteiger partial charge >= 0.3 is 6.61 Å². The quantitative estimate of drug-likeness (QED) is 0.812. The summed E-state index contributed by atoms with van der Waals surface area (Å²) in [6.07, 6.45) is 0. The van der Waals surface area contributed by atoms with Gasteiger partial charge in [-0.05, 0) is 40.8 Å². The lowest BCUT2D eigenvalue weighted by Crippen LogP contribution is -2.23. The first-order valence-corrected chi connectivity index (χ1v) is 7.76. The van der Waals surface area contributed by atoms with Crippen LogP contribution in [0, 0.1) is 0 Å². The molecule has 0 fully saturated rings. The van der Waals surface area contributed by atoms with Crippen molar-refractivity contribution in [2.45, 2.75) is 39.3 Å². The highest BCUT2D eigenvalue weighted by atomic mass is 19.3. The van der Waals surface area contributed by atoms with Crippen molar-refractivity contribution in [1.29, 1.82) is 0 Å². The third kappa shape index (κ3) is 3.11. The molecule has 0 N–H and O–H groups in total. The number of halogens is 2. The van der Waals surface area contributed by atoms with Crippen LogP contribution in [0.1, 0.15) is 42.3 Å². The Balaban J connectivity index is 1.85. The molecule has 0 aliphatic carbocycles. The lowest BCUT2D eigenvalue weighted by molar-refractivity contribution is -0.0498. The molecule has 1 aliphatic heterocycles. The van der Waals surface area contributed by atoms with Crippen LogP contribution in [0.2, 0.25) is 0 Å². The number of anilines is 1. The van der Waals surface area contributed by atoms with Gasteiger partial charge in [0.15, 0.2) is 0 Å². The molecule has 126 valence electrons. The van der Waals surface area contributed by atoms with Crippen LogP contribution in [-0.4, -0.2) is 12.5 Å². The maximum Gasteiger partial charge on any atom is 0.387 e. The molecule has 0 saturated carbocycles. The molecule has 0 saturated heterocycles. The monoisotopic (exact) mass is 331 g/mol. The molecule has 2 aromatic carbocycles. The molecule has 3 nitrogen and oxygen atoms in total. The number of ether oxygens (including phenoxy) is 1. The van der Waals surface area contributed by atoms with Crippen LogP contribution in [0.3, 0.4) is 0 Å². The van der Waals surface area contributed by atoms with Crippen molar-refractivity contribution >= 4 is 11.6 Å². The first-order valence-electron chi connectivity index (χ1n) is 7.76. The van der Waals surface area contributed by atoms with Gasteiger partial charge in [-0.2, -0.15) is 8.78 Å². The second-order valence-corrected chi connectivity index (χ2v) is 6.89. The van der Waals surface area contributed by atoms with Crippen LogP contribution in [0.5, 0.6) is 5.75 Å². The molecule has 1 aliphatic rings. The highest BCUT2D eigenvalue weighted by Gasteiger charge is 2.29. The average molecular weight is 331 g/mol. The Morgan fingerprint density at radius 3 is 2.33 bits per heavy atom. The van der Waals surface area contributed by atoms with Gasteiger partial charge in [-0.1, -0.05) is 39.0 Å².